The van der Waals surface area contributed by atoms with Crippen molar-refractivity contribution in [3.05, 3.63) is 0 Å². The topological polar surface area (TPSA) is 37.3 Å². The minimum absolute atomic E-state index is 0.654. The van der Waals surface area contributed by atoms with Crippen LogP contribution in [0.1, 0.15) is 39.5 Å². The number of aliphatic carboxylic acids is 1. The van der Waals surface area contributed by atoms with E-state index in [-0.39, 0.29) is 0 Å². The van der Waals surface area contributed by atoms with E-state index in [0.29, 0.717) is 0 Å². The number of rotatable bonds is 5. The Labute approximate surface area is 92.9 Å². The Bertz CT molecular complexity index is 117. The Morgan fingerprint density at radius 3 is 2.08 bits per heavy atom. The molecular weight excluding hydrogens is 258 g/mol. The summed E-state index contributed by atoms with van der Waals surface area (Å²) in [5.74, 6) is -0.833. The average Bonchev–Trinajstić information content (AvgIpc) is 1.97. The van der Waals surface area contributed by atoms with Crippen molar-refractivity contribution in [1.29, 1.82) is 0 Å². The van der Waals surface area contributed by atoms with Crippen LogP contribution in [0.5, 0.6) is 0 Å². The molecule has 13 heavy (non-hydrogen) atoms. The molecule has 0 aliphatic heterocycles. The standard InChI is InChI=1S/C6H13.C2H4O2.2ClH.Co/c1-3-5-6-4-2;1-2(3)4;;;/h1,3-6H2,2H3;1H3,(H,3,4);2*1H;/q;;;;+2/p-2. The predicted octanol–water partition coefficient (Wildman–Crippen LogP) is 4.00. The molecule has 0 radical (unpaired) electrons. The van der Waals surface area contributed by atoms with Gasteiger partial charge in [0.2, 0.25) is 0 Å². The zero-order chi connectivity index (χ0) is 10.7. The number of halogens is 2. The second-order valence-electron chi connectivity index (χ2n) is 2.47. The zero-order valence-electron chi connectivity index (χ0n) is 7.98. The van der Waals surface area contributed by atoms with Crippen molar-refractivity contribution in [3.8, 4) is 0 Å². The third-order valence-electron chi connectivity index (χ3n) is 1.10. The predicted molar refractivity (Wildman–Crippen MR) is 54.0 cm³/mol. The molecule has 0 aliphatic carbocycles. The molecule has 0 aromatic carbocycles. The van der Waals surface area contributed by atoms with Gasteiger partial charge in [-0.25, -0.2) is 0 Å². The number of carboxylic acids is 1. The first-order chi connectivity index (χ1) is 6.00. The number of carboxylic acid groups (broad SMARTS) is 1. The molecule has 0 rings (SSSR count). The van der Waals surface area contributed by atoms with Crippen LogP contribution in [-0.4, -0.2) is 11.1 Å². The maximum atomic E-state index is 9.00. The SMILES string of the molecule is CC(=O)O.CCCCC[CH2][Co]([Cl])[Cl]. The first kappa shape index (κ1) is 16.0. The van der Waals surface area contributed by atoms with Crippen molar-refractivity contribution >= 4 is 26.3 Å². The molecule has 2 nitrogen and oxygen atoms in total. The molecule has 84 valence electrons. The van der Waals surface area contributed by atoms with E-state index in [4.69, 9.17) is 30.2 Å². The van der Waals surface area contributed by atoms with Crippen LogP contribution >= 0.6 is 20.3 Å². The number of carbonyl (C=O) groups is 1. The van der Waals surface area contributed by atoms with Gasteiger partial charge in [-0.05, 0) is 0 Å². The molecule has 0 spiro atoms. The van der Waals surface area contributed by atoms with E-state index in [1.54, 1.807) is 0 Å². The van der Waals surface area contributed by atoms with Crippen LogP contribution in [0.2, 0.25) is 5.36 Å². The van der Waals surface area contributed by atoms with E-state index in [9.17, 15) is 0 Å². The molecule has 0 amide bonds. The molecule has 0 heterocycles. The van der Waals surface area contributed by atoms with E-state index >= 15 is 0 Å². The Balaban J connectivity index is 0. The van der Waals surface area contributed by atoms with E-state index in [2.05, 4.69) is 6.92 Å². The monoisotopic (exact) mass is 274 g/mol. The van der Waals surface area contributed by atoms with Crippen LogP contribution in [0.3, 0.4) is 0 Å². The summed E-state index contributed by atoms with van der Waals surface area (Å²) in [5.41, 5.74) is 0. The van der Waals surface area contributed by atoms with Crippen molar-refractivity contribution in [2.24, 2.45) is 0 Å². The third kappa shape index (κ3) is 32.6. The van der Waals surface area contributed by atoms with Gasteiger partial charge in [-0.2, -0.15) is 0 Å². The molecule has 1 N–H and O–H groups in total. The van der Waals surface area contributed by atoms with Gasteiger partial charge < -0.3 is 5.11 Å². The van der Waals surface area contributed by atoms with Gasteiger partial charge in [0.25, 0.3) is 5.97 Å². The van der Waals surface area contributed by atoms with Gasteiger partial charge in [0.15, 0.2) is 0 Å². The van der Waals surface area contributed by atoms with E-state index < -0.39 is 17.8 Å². The fourth-order valence-corrected chi connectivity index (χ4v) is 1.87. The number of hydrogen-bond donors (Lipinski definition) is 1. The summed E-state index contributed by atoms with van der Waals surface area (Å²) in [6, 6.07) is 0. The van der Waals surface area contributed by atoms with Crippen LogP contribution in [-0.2, 0) is 16.6 Å². The maximum absolute atomic E-state index is 9.00. The Hall–Kier alpha value is 0.556. The molecule has 0 aromatic heterocycles. The van der Waals surface area contributed by atoms with Crippen LogP contribution in [0, 0.1) is 0 Å². The third-order valence-corrected chi connectivity index (χ3v) is 2.90. The van der Waals surface area contributed by atoms with Crippen molar-refractivity contribution in [2.45, 2.75) is 44.9 Å². The summed E-state index contributed by atoms with van der Waals surface area (Å²) < 4.78 is 0. The average molecular weight is 275 g/mol. The fraction of sp³-hybridized carbons (Fsp3) is 0.875. The van der Waals surface area contributed by atoms with Gasteiger partial charge in [0.1, 0.15) is 0 Å². The van der Waals surface area contributed by atoms with Crippen molar-refractivity contribution in [2.75, 3.05) is 0 Å². The molecular formula is C8H17Cl2CoO2. The quantitative estimate of drug-likeness (QED) is 0.770. The molecule has 0 aromatic rings. The van der Waals surface area contributed by atoms with Crippen LogP contribution in [0.25, 0.3) is 0 Å². The molecule has 0 unspecified atom stereocenters. The van der Waals surface area contributed by atoms with Gasteiger partial charge in [0.05, 0.1) is 0 Å². The zero-order valence-corrected chi connectivity index (χ0v) is 10.5. The van der Waals surface area contributed by atoms with Gasteiger partial charge in [-0.15, -0.1) is 0 Å². The Morgan fingerprint density at radius 1 is 1.31 bits per heavy atom. The van der Waals surface area contributed by atoms with Gasteiger partial charge >= 0.3 is 70.1 Å². The Kier molecular flexibility index (Phi) is 15.5. The van der Waals surface area contributed by atoms with Crippen LogP contribution in [0.15, 0.2) is 0 Å². The number of unbranched alkanes of at least 4 members (excludes halogenated alkanes) is 3. The molecule has 0 bridgehead atoms. The van der Waals surface area contributed by atoms with E-state index in [1.807, 2.05) is 0 Å². The summed E-state index contributed by atoms with van der Waals surface area (Å²) in [5, 5.41) is 8.43. The molecule has 0 aliphatic rings. The van der Waals surface area contributed by atoms with E-state index in [1.165, 1.54) is 25.7 Å². The second kappa shape index (κ2) is 12.6. The summed E-state index contributed by atoms with van der Waals surface area (Å²) in [7, 11) is 11.2. The first-order valence-electron chi connectivity index (χ1n) is 4.12. The van der Waals surface area contributed by atoms with Crippen LogP contribution < -0.4 is 0 Å². The second-order valence-corrected chi connectivity index (χ2v) is 6.74. The van der Waals surface area contributed by atoms with Gasteiger partial charge in [0, 0.05) is 6.92 Å². The summed E-state index contributed by atoms with van der Waals surface area (Å²) >= 11 is -0.654. The molecule has 0 saturated carbocycles. The van der Waals surface area contributed by atoms with E-state index in [0.717, 1.165) is 12.3 Å². The van der Waals surface area contributed by atoms with Gasteiger partial charge in [-0.3, -0.25) is 4.79 Å². The van der Waals surface area contributed by atoms with Crippen LogP contribution in [0.4, 0.5) is 0 Å². The van der Waals surface area contributed by atoms with Crippen molar-refractivity contribution in [3.63, 3.8) is 0 Å². The molecule has 0 saturated heterocycles. The summed E-state index contributed by atoms with van der Waals surface area (Å²) in [6.07, 6.45) is 5.08. The van der Waals surface area contributed by atoms with Crippen molar-refractivity contribution in [1.82, 2.24) is 0 Å². The van der Waals surface area contributed by atoms with Crippen molar-refractivity contribution < 1.29 is 21.8 Å². The summed E-state index contributed by atoms with van der Waals surface area (Å²) in [4.78, 5) is 9.00. The Morgan fingerprint density at radius 2 is 1.77 bits per heavy atom. The van der Waals surface area contributed by atoms with Gasteiger partial charge in [-0.1, -0.05) is 0 Å². The summed E-state index contributed by atoms with van der Waals surface area (Å²) in [6.45, 7) is 3.28. The first-order valence-corrected chi connectivity index (χ1v) is 7.72. The molecule has 0 atom stereocenters. The fourth-order valence-electron chi connectivity index (χ4n) is 0.599. The minimum atomic E-state index is -0.833. The number of hydrogen-bond acceptors (Lipinski definition) is 1. The molecule has 5 heteroatoms. The molecule has 0 fully saturated rings. The normalized spacial score (nSPS) is 10.0.